The summed E-state index contributed by atoms with van der Waals surface area (Å²) in [7, 11) is 1.67. The lowest BCUT2D eigenvalue weighted by atomic mass is 10.0. The molecule has 8 nitrogen and oxygen atoms in total. The number of likely N-dealkylation sites (N-methyl/N-ethyl adjacent to an activating group) is 1. The predicted octanol–water partition coefficient (Wildman–Crippen LogP) is 12.7. The van der Waals surface area contributed by atoms with Crippen molar-refractivity contribution in [2.45, 2.75) is 206 Å². The van der Waals surface area contributed by atoms with E-state index >= 15 is 0 Å². The van der Waals surface area contributed by atoms with Gasteiger partial charge in [0, 0.05) is 13.0 Å². The van der Waals surface area contributed by atoms with Crippen LogP contribution in [0.15, 0.2) is 12.2 Å². The maximum absolute atomic E-state index is 12.7. The molecule has 0 saturated carbocycles. The second-order valence-electron chi connectivity index (χ2n) is 16.1. The van der Waals surface area contributed by atoms with Crippen molar-refractivity contribution in [3.63, 3.8) is 0 Å². The van der Waals surface area contributed by atoms with E-state index < -0.39 is 13.9 Å². The highest BCUT2D eigenvalue weighted by Crippen LogP contribution is 2.43. The zero-order valence-corrected chi connectivity index (χ0v) is 36.0. The van der Waals surface area contributed by atoms with Crippen molar-refractivity contribution in [3.05, 3.63) is 12.2 Å². The fraction of sp³-hybridized carbons (Fsp3) is 0.930. The Bertz CT molecular complexity index is 848. The molecule has 0 aromatic rings. The molecular formula is C43H87NO7P+. The number of esters is 1. The van der Waals surface area contributed by atoms with Crippen LogP contribution in [0.25, 0.3) is 0 Å². The van der Waals surface area contributed by atoms with E-state index in [4.69, 9.17) is 18.5 Å². The standard InChI is InChI=1S/C43H86NO7P/c1-6-8-10-12-14-16-18-20-21-22-23-24-26-28-30-32-34-36-43(45)51-42(41-50-52(46,47)49-39-37-44(3,4)5)40-48-38-35-33-31-29-27-25-19-17-15-13-11-9-7-2/h15,17,42H,6-14,16,18-41H2,1-5H3/p+1/b17-15-. The Kier molecular flexibility index (Phi) is 36.6. The first-order chi connectivity index (χ1) is 25.1. The van der Waals surface area contributed by atoms with Crippen molar-refractivity contribution in [3.8, 4) is 0 Å². The molecule has 310 valence electrons. The van der Waals surface area contributed by atoms with Gasteiger partial charge in [-0.05, 0) is 38.5 Å². The van der Waals surface area contributed by atoms with E-state index in [9.17, 15) is 14.3 Å². The van der Waals surface area contributed by atoms with Crippen molar-refractivity contribution in [1.29, 1.82) is 0 Å². The monoisotopic (exact) mass is 761 g/mol. The zero-order valence-electron chi connectivity index (χ0n) is 35.1. The first kappa shape index (κ1) is 51.2. The number of carbonyl (C=O) groups is 1. The van der Waals surface area contributed by atoms with Crippen LogP contribution in [0.4, 0.5) is 0 Å². The number of hydrogen-bond acceptors (Lipinski definition) is 6. The van der Waals surface area contributed by atoms with Gasteiger partial charge in [0.15, 0.2) is 0 Å². The SMILES string of the molecule is CCCCC/C=C\CCCCCCCCOCC(COP(=O)(O)OCC[N+](C)(C)C)OC(=O)CCCCCCCCCCCCCCCCCCC. The molecule has 0 aliphatic carbocycles. The van der Waals surface area contributed by atoms with Gasteiger partial charge in [-0.15, -0.1) is 0 Å². The summed E-state index contributed by atoms with van der Waals surface area (Å²) < 4.78 is 35.0. The fourth-order valence-electron chi connectivity index (χ4n) is 6.14. The minimum Gasteiger partial charge on any atom is -0.457 e. The first-order valence-electron chi connectivity index (χ1n) is 21.9. The average Bonchev–Trinajstić information content (AvgIpc) is 3.09. The summed E-state index contributed by atoms with van der Waals surface area (Å²) in [6.07, 6.45) is 39.5. The molecule has 0 heterocycles. The Morgan fingerprint density at radius 1 is 0.577 bits per heavy atom. The Labute approximate surface area is 322 Å². The summed E-state index contributed by atoms with van der Waals surface area (Å²) in [5, 5.41) is 0. The highest BCUT2D eigenvalue weighted by Gasteiger charge is 2.26. The number of carbonyl (C=O) groups excluding carboxylic acids is 1. The van der Waals surface area contributed by atoms with Gasteiger partial charge < -0.3 is 18.9 Å². The van der Waals surface area contributed by atoms with Crippen molar-refractivity contribution < 1.29 is 37.3 Å². The lowest BCUT2D eigenvalue weighted by Crippen LogP contribution is -2.37. The number of hydrogen-bond donors (Lipinski definition) is 1. The molecule has 0 aliphatic heterocycles. The van der Waals surface area contributed by atoms with E-state index in [1.165, 1.54) is 148 Å². The Morgan fingerprint density at radius 3 is 1.50 bits per heavy atom. The second kappa shape index (κ2) is 37.2. The maximum Gasteiger partial charge on any atom is 0.472 e. The smallest absolute Gasteiger partial charge is 0.457 e. The van der Waals surface area contributed by atoms with Gasteiger partial charge in [0.05, 0.1) is 34.4 Å². The van der Waals surface area contributed by atoms with Gasteiger partial charge in [-0.3, -0.25) is 13.8 Å². The molecule has 0 radical (unpaired) electrons. The van der Waals surface area contributed by atoms with Crippen molar-refractivity contribution in [2.75, 3.05) is 54.1 Å². The Morgan fingerprint density at radius 2 is 1.00 bits per heavy atom. The molecule has 0 rings (SSSR count). The largest absolute Gasteiger partial charge is 0.472 e. The van der Waals surface area contributed by atoms with E-state index in [1.54, 1.807) is 0 Å². The average molecular weight is 761 g/mol. The van der Waals surface area contributed by atoms with Crippen LogP contribution in [0.1, 0.15) is 200 Å². The van der Waals surface area contributed by atoms with Gasteiger partial charge >= 0.3 is 13.8 Å². The number of allylic oxidation sites excluding steroid dienone is 2. The van der Waals surface area contributed by atoms with Crippen molar-refractivity contribution in [2.24, 2.45) is 0 Å². The van der Waals surface area contributed by atoms with Gasteiger partial charge in [-0.25, -0.2) is 4.57 Å². The molecule has 1 N–H and O–H groups in total. The lowest BCUT2D eigenvalue weighted by Gasteiger charge is -2.24. The topological polar surface area (TPSA) is 91.3 Å². The quantitative estimate of drug-likeness (QED) is 0.0218. The van der Waals surface area contributed by atoms with E-state index in [0.717, 1.165) is 32.1 Å². The van der Waals surface area contributed by atoms with Gasteiger partial charge in [-0.2, -0.15) is 0 Å². The number of phosphoric acid groups is 1. The summed E-state index contributed by atoms with van der Waals surface area (Å²) in [6.45, 7) is 5.62. The van der Waals surface area contributed by atoms with E-state index in [-0.39, 0.29) is 25.8 Å². The number of ether oxygens (including phenoxy) is 2. The zero-order chi connectivity index (χ0) is 38.4. The molecule has 0 fully saturated rings. The molecule has 0 amide bonds. The molecule has 0 spiro atoms. The minimum atomic E-state index is -4.27. The second-order valence-corrected chi connectivity index (χ2v) is 17.5. The van der Waals surface area contributed by atoms with Crippen LogP contribution in [0, 0.1) is 0 Å². The molecule has 2 atom stereocenters. The molecule has 52 heavy (non-hydrogen) atoms. The van der Waals surface area contributed by atoms with E-state index in [2.05, 4.69) is 26.0 Å². The number of nitrogens with zero attached hydrogens (tertiary/aromatic N) is 1. The summed E-state index contributed by atoms with van der Waals surface area (Å²) in [5.41, 5.74) is 0. The van der Waals surface area contributed by atoms with Crippen LogP contribution in [-0.2, 0) is 27.9 Å². The highest BCUT2D eigenvalue weighted by molar-refractivity contribution is 7.47. The maximum atomic E-state index is 12.7. The normalized spacial score (nSPS) is 13.9. The van der Waals surface area contributed by atoms with Gasteiger partial charge in [0.2, 0.25) is 0 Å². The van der Waals surface area contributed by atoms with Crippen LogP contribution < -0.4 is 0 Å². The molecule has 0 saturated heterocycles. The molecule has 0 bridgehead atoms. The fourth-order valence-corrected chi connectivity index (χ4v) is 6.88. The third kappa shape index (κ3) is 40.4. The van der Waals surface area contributed by atoms with Gasteiger partial charge in [-0.1, -0.05) is 167 Å². The van der Waals surface area contributed by atoms with Crippen LogP contribution in [0.3, 0.4) is 0 Å². The summed E-state index contributed by atoms with van der Waals surface area (Å²) in [6, 6.07) is 0. The van der Waals surface area contributed by atoms with E-state index in [1.807, 2.05) is 21.1 Å². The van der Waals surface area contributed by atoms with Crippen molar-refractivity contribution >= 4 is 13.8 Å². The summed E-state index contributed by atoms with van der Waals surface area (Å²) in [4.78, 5) is 22.9. The van der Waals surface area contributed by atoms with Crippen LogP contribution >= 0.6 is 7.82 Å². The highest BCUT2D eigenvalue weighted by atomic mass is 31.2. The third-order valence-electron chi connectivity index (χ3n) is 9.58. The lowest BCUT2D eigenvalue weighted by molar-refractivity contribution is -0.870. The third-order valence-corrected chi connectivity index (χ3v) is 10.6. The minimum absolute atomic E-state index is 0.0906. The number of rotatable bonds is 41. The van der Waals surface area contributed by atoms with Crippen LogP contribution in [0.5, 0.6) is 0 Å². The predicted molar refractivity (Wildman–Crippen MR) is 220 cm³/mol. The number of quaternary nitrogens is 1. The number of unbranched alkanes of at least 4 members (excludes halogenated alkanes) is 25. The molecular weight excluding hydrogens is 673 g/mol. The molecule has 0 aromatic carbocycles. The Hall–Kier alpha value is -0.760. The van der Waals surface area contributed by atoms with Crippen LogP contribution in [0.2, 0.25) is 0 Å². The van der Waals surface area contributed by atoms with Crippen LogP contribution in [-0.4, -0.2) is 75.6 Å². The Balaban J connectivity index is 4.20. The molecule has 9 heteroatoms. The first-order valence-corrected chi connectivity index (χ1v) is 23.4. The van der Waals surface area contributed by atoms with Gasteiger partial charge in [0.1, 0.15) is 19.3 Å². The molecule has 0 aromatic heterocycles. The van der Waals surface area contributed by atoms with E-state index in [0.29, 0.717) is 24.1 Å². The molecule has 0 aliphatic rings. The summed E-state index contributed by atoms with van der Waals surface area (Å²) >= 11 is 0. The van der Waals surface area contributed by atoms with Gasteiger partial charge in [0.25, 0.3) is 0 Å². The molecule has 2 unspecified atom stereocenters. The number of phosphoric ester groups is 1. The summed E-state index contributed by atoms with van der Waals surface area (Å²) in [5.74, 6) is -0.312. The van der Waals surface area contributed by atoms with Crippen molar-refractivity contribution in [1.82, 2.24) is 0 Å².